The molecule has 0 fully saturated rings. The van der Waals surface area contributed by atoms with Crippen LogP contribution in [0.2, 0.25) is 5.02 Å². The van der Waals surface area contributed by atoms with E-state index in [0.29, 0.717) is 11.4 Å². The number of hydrogen-bond acceptors (Lipinski definition) is 3. The highest BCUT2D eigenvalue weighted by Gasteiger charge is 2.32. The van der Waals surface area contributed by atoms with E-state index in [4.69, 9.17) is 22.7 Å². The Labute approximate surface area is 126 Å². The fraction of sp³-hybridized carbons (Fsp3) is 0.200. The molecular formula is C15H14ClN3O2. The number of nitrogens with two attached hydrogens (primary N) is 1. The number of rotatable bonds is 2. The van der Waals surface area contributed by atoms with Gasteiger partial charge in [-0.3, -0.25) is 10.2 Å². The van der Waals surface area contributed by atoms with Gasteiger partial charge in [0.2, 0.25) is 0 Å². The van der Waals surface area contributed by atoms with Gasteiger partial charge in [-0.05, 0) is 17.2 Å². The van der Waals surface area contributed by atoms with Crippen LogP contribution in [0.15, 0.2) is 36.5 Å². The summed E-state index contributed by atoms with van der Waals surface area (Å²) in [7, 11) is 0. The lowest BCUT2D eigenvalue weighted by Crippen LogP contribution is -2.35. The zero-order chi connectivity index (χ0) is 15.1. The number of primary amides is 1. The highest BCUT2D eigenvalue weighted by atomic mass is 35.5. The second-order valence-electron chi connectivity index (χ2n) is 5.11. The van der Waals surface area contributed by atoms with Crippen LogP contribution in [0.5, 0.6) is 0 Å². The number of aromatic nitrogens is 1. The fourth-order valence-corrected chi connectivity index (χ4v) is 3.09. The SMILES string of the molecule is N=c1c(C(N)=O)cc(Cl)cn1[C@H]1c2ccccc2C[C@@H]1O. The van der Waals surface area contributed by atoms with Crippen molar-refractivity contribution in [1.82, 2.24) is 4.57 Å². The van der Waals surface area contributed by atoms with Crippen LogP contribution in [-0.4, -0.2) is 21.7 Å². The molecule has 4 N–H and O–H groups in total. The second kappa shape index (κ2) is 5.02. The molecule has 1 aliphatic carbocycles. The first-order valence-corrected chi connectivity index (χ1v) is 6.89. The van der Waals surface area contributed by atoms with Crippen LogP contribution in [0.1, 0.15) is 27.5 Å². The summed E-state index contributed by atoms with van der Waals surface area (Å²) in [6.45, 7) is 0. The Balaban J connectivity index is 2.22. The van der Waals surface area contributed by atoms with E-state index in [-0.39, 0.29) is 11.1 Å². The number of benzene rings is 1. The standard InChI is InChI=1S/C15H14ClN3O2/c16-9-6-11(15(18)21)14(17)19(7-9)13-10-4-2-1-3-8(10)5-12(13)20/h1-4,6-7,12-13,17,20H,5H2,(H2,18,21)/t12-,13-/m0/s1. The second-order valence-corrected chi connectivity index (χ2v) is 5.54. The number of amides is 1. The fourth-order valence-electron chi connectivity index (χ4n) is 2.88. The molecule has 0 unspecified atom stereocenters. The smallest absolute Gasteiger partial charge is 0.252 e. The molecule has 5 nitrogen and oxygen atoms in total. The first-order valence-electron chi connectivity index (χ1n) is 6.51. The Kier molecular flexibility index (Phi) is 3.31. The Morgan fingerprint density at radius 3 is 2.86 bits per heavy atom. The Morgan fingerprint density at radius 1 is 1.43 bits per heavy atom. The molecule has 1 amide bonds. The summed E-state index contributed by atoms with van der Waals surface area (Å²) in [4.78, 5) is 11.4. The molecule has 3 rings (SSSR count). The average molecular weight is 304 g/mol. The van der Waals surface area contributed by atoms with Gasteiger partial charge in [-0.2, -0.15) is 0 Å². The molecule has 21 heavy (non-hydrogen) atoms. The third-order valence-electron chi connectivity index (χ3n) is 3.79. The molecule has 2 atom stereocenters. The molecule has 108 valence electrons. The number of nitrogens with zero attached hydrogens (tertiary/aromatic N) is 1. The topological polar surface area (TPSA) is 92.1 Å². The maximum Gasteiger partial charge on any atom is 0.252 e. The van der Waals surface area contributed by atoms with Crippen molar-refractivity contribution in [3.05, 3.63) is 63.7 Å². The molecule has 0 bridgehead atoms. The van der Waals surface area contributed by atoms with Gasteiger partial charge in [-0.1, -0.05) is 35.9 Å². The predicted octanol–water partition coefficient (Wildman–Crippen LogP) is 1.23. The minimum Gasteiger partial charge on any atom is -0.390 e. The number of carbonyl (C=O) groups excluding carboxylic acids is 1. The summed E-state index contributed by atoms with van der Waals surface area (Å²) in [6, 6.07) is 8.58. The van der Waals surface area contributed by atoms with Gasteiger partial charge in [0.05, 0.1) is 22.7 Å². The lowest BCUT2D eigenvalue weighted by Gasteiger charge is -2.21. The van der Waals surface area contributed by atoms with Crippen molar-refractivity contribution >= 4 is 17.5 Å². The first-order chi connectivity index (χ1) is 9.99. The van der Waals surface area contributed by atoms with Gasteiger partial charge in [0.15, 0.2) is 0 Å². The van der Waals surface area contributed by atoms with Gasteiger partial charge >= 0.3 is 0 Å². The van der Waals surface area contributed by atoms with Crippen LogP contribution in [0.25, 0.3) is 0 Å². The molecule has 1 aromatic carbocycles. The zero-order valence-corrected chi connectivity index (χ0v) is 11.8. The van der Waals surface area contributed by atoms with E-state index in [2.05, 4.69) is 0 Å². The van der Waals surface area contributed by atoms with E-state index in [0.717, 1.165) is 11.1 Å². The van der Waals surface area contributed by atoms with E-state index in [1.165, 1.54) is 10.6 Å². The molecule has 0 radical (unpaired) electrons. The van der Waals surface area contributed by atoms with Crippen LogP contribution >= 0.6 is 11.6 Å². The summed E-state index contributed by atoms with van der Waals surface area (Å²) in [5.74, 6) is -0.711. The molecule has 0 saturated heterocycles. The maximum atomic E-state index is 11.4. The molecule has 2 aromatic rings. The van der Waals surface area contributed by atoms with E-state index in [9.17, 15) is 9.90 Å². The third kappa shape index (κ3) is 2.24. The van der Waals surface area contributed by atoms with Gasteiger partial charge in [-0.15, -0.1) is 0 Å². The molecule has 0 saturated carbocycles. The maximum absolute atomic E-state index is 11.4. The van der Waals surface area contributed by atoms with Crippen molar-refractivity contribution in [3.63, 3.8) is 0 Å². The molecule has 1 aliphatic rings. The molecule has 1 aromatic heterocycles. The van der Waals surface area contributed by atoms with Crippen molar-refractivity contribution in [3.8, 4) is 0 Å². The van der Waals surface area contributed by atoms with E-state index in [1.807, 2.05) is 24.3 Å². The number of aliphatic hydroxyl groups is 1. The van der Waals surface area contributed by atoms with Crippen LogP contribution in [0, 0.1) is 5.41 Å². The summed E-state index contributed by atoms with van der Waals surface area (Å²) in [6.07, 6.45) is 1.38. The lowest BCUT2D eigenvalue weighted by atomic mass is 10.1. The van der Waals surface area contributed by atoms with Crippen LogP contribution < -0.4 is 11.2 Å². The average Bonchev–Trinajstić information content (AvgIpc) is 2.76. The number of nitrogens with one attached hydrogen (secondary N) is 1. The van der Waals surface area contributed by atoms with E-state index in [1.54, 1.807) is 6.20 Å². The predicted molar refractivity (Wildman–Crippen MR) is 78.1 cm³/mol. The summed E-state index contributed by atoms with van der Waals surface area (Å²) in [5, 5.41) is 18.8. The van der Waals surface area contributed by atoms with Gasteiger partial charge in [0, 0.05) is 12.6 Å². The third-order valence-corrected chi connectivity index (χ3v) is 4.00. The highest BCUT2D eigenvalue weighted by molar-refractivity contribution is 6.30. The number of halogens is 1. The minimum absolute atomic E-state index is 0.0408. The van der Waals surface area contributed by atoms with E-state index >= 15 is 0 Å². The van der Waals surface area contributed by atoms with Crippen LogP contribution in [0.4, 0.5) is 0 Å². The first kappa shape index (κ1) is 13.9. The zero-order valence-electron chi connectivity index (χ0n) is 11.1. The van der Waals surface area contributed by atoms with Gasteiger partial charge in [-0.25, -0.2) is 0 Å². The van der Waals surface area contributed by atoms with Crippen molar-refractivity contribution in [2.45, 2.75) is 18.6 Å². The Hall–Kier alpha value is -2.11. The van der Waals surface area contributed by atoms with Crippen LogP contribution in [0.3, 0.4) is 0 Å². The van der Waals surface area contributed by atoms with Gasteiger partial charge in [0.1, 0.15) is 5.49 Å². The van der Waals surface area contributed by atoms with Crippen molar-refractivity contribution in [2.75, 3.05) is 0 Å². The molecule has 0 aliphatic heterocycles. The quantitative estimate of drug-likeness (QED) is 0.778. The Bertz CT molecular complexity index is 785. The van der Waals surface area contributed by atoms with Gasteiger partial charge < -0.3 is 15.4 Å². The molecule has 6 heteroatoms. The number of carbonyl (C=O) groups is 1. The summed E-state index contributed by atoms with van der Waals surface area (Å²) >= 11 is 6.03. The highest BCUT2D eigenvalue weighted by Crippen LogP contribution is 2.34. The Morgan fingerprint density at radius 2 is 2.14 bits per heavy atom. The monoisotopic (exact) mass is 303 g/mol. The summed E-state index contributed by atoms with van der Waals surface area (Å²) < 4.78 is 1.51. The molecule has 1 heterocycles. The van der Waals surface area contributed by atoms with Crippen molar-refractivity contribution in [2.24, 2.45) is 5.73 Å². The van der Waals surface area contributed by atoms with Gasteiger partial charge in [0.25, 0.3) is 5.91 Å². The molecule has 0 spiro atoms. The van der Waals surface area contributed by atoms with Crippen molar-refractivity contribution < 1.29 is 9.90 Å². The molecular weight excluding hydrogens is 290 g/mol. The normalized spacial score (nSPS) is 20.3. The number of pyridine rings is 1. The largest absolute Gasteiger partial charge is 0.390 e. The van der Waals surface area contributed by atoms with E-state index < -0.39 is 18.1 Å². The number of aliphatic hydroxyl groups excluding tert-OH is 1. The lowest BCUT2D eigenvalue weighted by molar-refractivity contribution is 0.0995. The van der Waals surface area contributed by atoms with Crippen molar-refractivity contribution in [1.29, 1.82) is 5.41 Å². The number of fused-ring (bicyclic) bond motifs is 1. The number of hydrogen-bond donors (Lipinski definition) is 3. The summed E-state index contributed by atoms with van der Waals surface area (Å²) in [5.41, 5.74) is 7.24. The van der Waals surface area contributed by atoms with Crippen LogP contribution in [-0.2, 0) is 6.42 Å². The minimum atomic E-state index is -0.711.